The highest BCUT2D eigenvalue weighted by Crippen LogP contribution is 2.28. The zero-order chi connectivity index (χ0) is 12.4. The summed E-state index contributed by atoms with van der Waals surface area (Å²) in [5, 5.41) is 2.61. The third kappa shape index (κ3) is 2.01. The molecule has 2 aromatic rings. The fraction of sp³-hybridized carbons (Fsp3) is 0.294. The van der Waals surface area contributed by atoms with Gasteiger partial charge in [-0.25, -0.2) is 0 Å². The van der Waals surface area contributed by atoms with E-state index in [2.05, 4.69) is 53.9 Å². The van der Waals surface area contributed by atoms with Gasteiger partial charge in [-0.15, -0.1) is 0 Å². The number of benzene rings is 2. The van der Waals surface area contributed by atoms with Crippen LogP contribution >= 0.6 is 0 Å². The molecule has 1 fully saturated rings. The van der Waals surface area contributed by atoms with Gasteiger partial charge in [0.05, 0.1) is 0 Å². The average molecular weight is 237 g/mol. The number of hydrogen-bond donors (Lipinski definition) is 0. The summed E-state index contributed by atoms with van der Waals surface area (Å²) in [5.41, 5.74) is 2.47. The molecule has 1 aliphatic heterocycles. The van der Waals surface area contributed by atoms with Crippen molar-refractivity contribution in [2.24, 2.45) is 0 Å². The Hall–Kier alpha value is -1.76. The molecular formula is C17H19N. The molecule has 1 aliphatic rings. The lowest BCUT2D eigenvalue weighted by atomic mass is 10.0. The van der Waals surface area contributed by atoms with Gasteiger partial charge < -0.3 is 4.90 Å². The van der Waals surface area contributed by atoms with Gasteiger partial charge >= 0.3 is 0 Å². The van der Waals surface area contributed by atoms with Crippen LogP contribution in [0, 0.1) is 0 Å². The Balaban J connectivity index is 2.00. The molecule has 0 aromatic heterocycles. The van der Waals surface area contributed by atoms with Crippen molar-refractivity contribution < 1.29 is 0 Å². The fourth-order valence-electron chi connectivity index (χ4n) is 2.81. The summed E-state index contributed by atoms with van der Waals surface area (Å²) in [5.74, 6) is 0. The van der Waals surface area contributed by atoms with Crippen molar-refractivity contribution >= 4 is 16.5 Å². The van der Waals surface area contributed by atoms with Crippen LogP contribution in [0.25, 0.3) is 16.5 Å². The molecule has 1 heterocycles. The van der Waals surface area contributed by atoms with Crippen LogP contribution < -0.4 is 0 Å². The van der Waals surface area contributed by atoms with Gasteiger partial charge in [-0.3, -0.25) is 0 Å². The Morgan fingerprint density at radius 3 is 2.44 bits per heavy atom. The Kier molecular flexibility index (Phi) is 3.06. The van der Waals surface area contributed by atoms with Crippen molar-refractivity contribution in [1.82, 2.24) is 4.90 Å². The third-order valence-corrected chi connectivity index (χ3v) is 3.84. The molecule has 0 unspecified atom stereocenters. The molecule has 18 heavy (non-hydrogen) atoms. The first-order chi connectivity index (χ1) is 8.86. The predicted octanol–water partition coefficient (Wildman–Crippen LogP) is 4.30. The van der Waals surface area contributed by atoms with Gasteiger partial charge in [0.15, 0.2) is 0 Å². The second kappa shape index (κ2) is 4.85. The molecule has 0 radical (unpaired) electrons. The molecule has 1 nitrogen and oxygen atoms in total. The second-order valence-electron chi connectivity index (χ2n) is 5.02. The number of piperidine rings is 1. The second-order valence-corrected chi connectivity index (χ2v) is 5.02. The van der Waals surface area contributed by atoms with E-state index in [1.165, 1.54) is 41.3 Å². The Labute approximate surface area is 109 Å². The predicted molar refractivity (Wildman–Crippen MR) is 78.4 cm³/mol. The summed E-state index contributed by atoms with van der Waals surface area (Å²) in [6, 6.07) is 15.1. The topological polar surface area (TPSA) is 3.24 Å². The molecule has 0 N–H and O–H groups in total. The Morgan fingerprint density at radius 2 is 1.61 bits per heavy atom. The first-order valence-corrected chi connectivity index (χ1v) is 6.78. The van der Waals surface area contributed by atoms with Gasteiger partial charge in [-0.2, -0.15) is 0 Å². The van der Waals surface area contributed by atoms with Crippen LogP contribution in [0.1, 0.15) is 24.8 Å². The van der Waals surface area contributed by atoms with Crippen LogP contribution in [0.15, 0.2) is 49.0 Å². The molecule has 1 saturated heterocycles. The van der Waals surface area contributed by atoms with E-state index in [4.69, 9.17) is 0 Å². The zero-order valence-electron chi connectivity index (χ0n) is 10.7. The van der Waals surface area contributed by atoms with Crippen LogP contribution in [0.2, 0.25) is 0 Å². The highest BCUT2D eigenvalue weighted by Gasteiger charge is 2.14. The van der Waals surface area contributed by atoms with Gasteiger partial charge in [0.1, 0.15) is 0 Å². The van der Waals surface area contributed by atoms with E-state index in [0.717, 1.165) is 13.1 Å². The quantitative estimate of drug-likeness (QED) is 0.753. The Bertz CT molecular complexity index is 559. The maximum Gasteiger partial charge on any atom is 0.0373 e. The molecule has 92 valence electrons. The van der Waals surface area contributed by atoms with E-state index in [0.29, 0.717) is 0 Å². The van der Waals surface area contributed by atoms with Crippen molar-refractivity contribution in [1.29, 1.82) is 0 Å². The van der Waals surface area contributed by atoms with Gasteiger partial charge in [-0.05, 0) is 30.0 Å². The third-order valence-electron chi connectivity index (χ3n) is 3.84. The van der Waals surface area contributed by atoms with Crippen LogP contribution in [-0.2, 0) is 0 Å². The molecular weight excluding hydrogens is 218 g/mol. The maximum absolute atomic E-state index is 4.32. The monoisotopic (exact) mass is 237 g/mol. The molecule has 0 spiro atoms. The van der Waals surface area contributed by atoms with Crippen LogP contribution in [0.4, 0.5) is 0 Å². The Morgan fingerprint density at radius 1 is 0.889 bits per heavy atom. The van der Waals surface area contributed by atoms with Crippen molar-refractivity contribution in [2.45, 2.75) is 19.3 Å². The number of rotatable bonds is 2. The summed E-state index contributed by atoms with van der Waals surface area (Å²) in [4.78, 5) is 2.44. The summed E-state index contributed by atoms with van der Waals surface area (Å²) in [7, 11) is 0. The summed E-state index contributed by atoms with van der Waals surface area (Å²) in [6.07, 6.45) is 3.95. The van der Waals surface area contributed by atoms with Crippen molar-refractivity contribution in [3.05, 3.63) is 54.6 Å². The minimum atomic E-state index is 1.15. The number of fused-ring (bicyclic) bond motifs is 1. The highest BCUT2D eigenvalue weighted by atomic mass is 15.1. The molecule has 3 rings (SSSR count). The van der Waals surface area contributed by atoms with E-state index in [-0.39, 0.29) is 0 Å². The zero-order valence-corrected chi connectivity index (χ0v) is 10.7. The highest BCUT2D eigenvalue weighted by molar-refractivity contribution is 5.93. The summed E-state index contributed by atoms with van der Waals surface area (Å²) < 4.78 is 0. The van der Waals surface area contributed by atoms with E-state index in [1.807, 2.05) is 0 Å². The lowest BCUT2D eigenvalue weighted by molar-refractivity contribution is 0.327. The molecule has 0 atom stereocenters. The van der Waals surface area contributed by atoms with Gasteiger partial charge in [0.2, 0.25) is 0 Å². The molecule has 0 bridgehead atoms. The lowest BCUT2D eigenvalue weighted by Crippen LogP contribution is -2.27. The minimum Gasteiger partial charge on any atom is -0.372 e. The molecule has 0 amide bonds. The SMILES string of the molecule is C=C(c1cccc2ccccc12)N1CCCCC1. The number of likely N-dealkylation sites (tertiary alicyclic amines) is 1. The fourth-order valence-corrected chi connectivity index (χ4v) is 2.81. The smallest absolute Gasteiger partial charge is 0.0373 e. The molecule has 1 heteroatoms. The van der Waals surface area contributed by atoms with E-state index >= 15 is 0 Å². The van der Waals surface area contributed by atoms with Crippen molar-refractivity contribution in [3.8, 4) is 0 Å². The maximum atomic E-state index is 4.32. The van der Waals surface area contributed by atoms with Crippen LogP contribution in [-0.4, -0.2) is 18.0 Å². The molecule has 0 aliphatic carbocycles. The first kappa shape index (κ1) is 11.3. The normalized spacial score (nSPS) is 15.9. The van der Waals surface area contributed by atoms with E-state index < -0.39 is 0 Å². The molecule has 2 aromatic carbocycles. The van der Waals surface area contributed by atoms with Gasteiger partial charge in [-0.1, -0.05) is 49.0 Å². The van der Waals surface area contributed by atoms with E-state index in [9.17, 15) is 0 Å². The molecule has 0 saturated carbocycles. The average Bonchev–Trinajstić information content (AvgIpc) is 2.47. The van der Waals surface area contributed by atoms with E-state index in [1.54, 1.807) is 0 Å². The summed E-state index contributed by atoms with van der Waals surface area (Å²) in [6.45, 7) is 6.63. The standard InChI is InChI=1S/C17H19N/c1-14(18-12-5-2-6-13-18)16-11-7-9-15-8-3-4-10-17(15)16/h3-4,7-11H,1-2,5-6,12-13H2. The largest absolute Gasteiger partial charge is 0.372 e. The van der Waals surface area contributed by atoms with Crippen LogP contribution in [0.3, 0.4) is 0 Å². The van der Waals surface area contributed by atoms with Crippen molar-refractivity contribution in [3.63, 3.8) is 0 Å². The first-order valence-electron chi connectivity index (χ1n) is 6.78. The van der Waals surface area contributed by atoms with Crippen LogP contribution in [0.5, 0.6) is 0 Å². The number of nitrogens with zero attached hydrogens (tertiary/aromatic N) is 1. The lowest BCUT2D eigenvalue weighted by Gasteiger charge is -2.31. The van der Waals surface area contributed by atoms with Gasteiger partial charge in [0, 0.05) is 24.4 Å². The van der Waals surface area contributed by atoms with Crippen molar-refractivity contribution in [2.75, 3.05) is 13.1 Å². The summed E-state index contributed by atoms with van der Waals surface area (Å²) >= 11 is 0. The van der Waals surface area contributed by atoms with Gasteiger partial charge in [0.25, 0.3) is 0 Å². The minimum absolute atomic E-state index is 1.15. The number of hydrogen-bond acceptors (Lipinski definition) is 1.